The summed E-state index contributed by atoms with van der Waals surface area (Å²) in [6.07, 6.45) is 1.65. The lowest BCUT2D eigenvalue weighted by atomic mass is 10.0. The van der Waals surface area contributed by atoms with Gasteiger partial charge in [0.1, 0.15) is 0 Å². The van der Waals surface area contributed by atoms with E-state index in [0.717, 1.165) is 11.4 Å². The Morgan fingerprint density at radius 2 is 2.22 bits per heavy atom. The van der Waals surface area contributed by atoms with Crippen LogP contribution in [0.1, 0.15) is 31.4 Å². The highest BCUT2D eigenvalue weighted by Gasteiger charge is 2.15. The van der Waals surface area contributed by atoms with Crippen molar-refractivity contribution in [3.05, 3.63) is 34.9 Å². The van der Waals surface area contributed by atoms with Crippen molar-refractivity contribution in [2.45, 2.75) is 31.8 Å². The Morgan fingerprint density at radius 1 is 1.44 bits per heavy atom. The average Bonchev–Trinajstić information content (AvgIpc) is 2.36. The fourth-order valence-corrected chi connectivity index (χ4v) is 2.23. The van der Waals surface area contributed by atoms with E-state index in [0.29, 0.717) is 13.0 Å². The summed E-state index contributed by atoms with van der Waals surface area (Å²) in [5.41, 5.74) is 1.17. The van der Waals surface area contributed by atoms with E-state index in [4.69, 9.17) is 21.4 Å². The Balaban J connectivity index is 2.70. The van der Waals surface area contributed by atoms with Crippen LogP contribution < -0.4 is 5.32 Å². The van der Waals surface area contributed by atoms with E-state index in [1.807, 2.05) is 18.2 Å². The highest BCUT2D eigenvalue weighted by molar-refractivity contribution is 6.30. The molecule has 2 atom stereocenters. The molecule has 102 valence electrons. The standard InChI is InChI=1S/C14H22ClNO2/c1-3-14(11-5-4-6-12(15)9-11)16-13(7-8-17)10-18-2/h4-6,9,13-14,16-17H,3,7-8,10H2,1-2H3. The molecule has 2 unspecified atom stereocenters. The van der Waals surface area contributed by atoms with Crippen LogP contribution in [0.4, 0.5) is 0 Å². The third kappa shape index (κ3) is 4.94. The number of methoxy groups -OCH3 is 1. The second kappa shape index (κ2) is 8.48. The van der Waals surface area contributed by atoms with E-state index < -0.39 is 0 Å². The molecule has 0 spiro atoms. The minimum Gasteiger partial charge on any atom is -0.396 e. The summed E-state index contributed by atoms with van der Waals surface area (Å²) in [5.74, 6) is 0. The molecule has 1 rings (SSSR count). The van der Waals surface area contributed by atoms with E-state index >= 15 is 0 Å². The number of aliphatic hydroxyl groups excluding tert-OH is 1. The summed E-state index contributed by atoms with van der Waals surface area (Å²) in [6.45, 7) is 2.88. The van der Waals surface area contributed by atoms with E-state index in [1.54, 1.807) is 7.11 Å². The van der Waals surface area contributed by atoms with E-state index in [1.165, 1.54) is 5.56 Å². The number of hydrogen-bond acceptors (Lipinski definition) is 3. The molecule has 0 saturated carbocycles. The van der Waals surface area contributed by atoms with Gasteiger partial charge in [-0.05, 0) is 30.5 Å². The third-order valence-corrected chi connectivity index (χ3v) is 3.18. The topological polar surface area (TPSA) is 41.5 Å². The fourth-order valence-electron chi connectivity index (χ4n) is 2.03. The minimum absolute atomic E-state index is 0.156. The minimum atomic E-state index is 0.156. The number of nitrogens with one attached hydrogen (secondary N) is 1. The van der Waals surface area contributed by atoms with E-state index in [-0.39, 0.29) is 18.7 Å². The van der Waals surface area contributed by atoms with E-state index in [9.17, 15) is 0 Å². The number of aliphatic hydroxyl groups is 1. The maximum Gasteiger partial charge on any atom is 0.0616 e. The van der Waals surface area contributed by atoms with Crippen LogP contribution in [0, 0.1) is 0 Å². The number of halogens is 1. The molecule has 0 radical (unpaired) electrons. The molecular formula is C14H22ClNO2. The van der Waals surface area contributed by atoms with Gasteiger partial charge < -0.3 is 15.2 Å². The SMILES string of the molecule is CCC(NC(CCO)COC)c1cccc(Cl)c1. The Morgan fingerprint density at radius 3 is 2.78 bits per heavy atom. The van der Waals surface area contributed by atoms with Gasteiger partial charge in [0.15, 0.2) is 0 Å². The zero-order chi connectivity index (χ0) is 13.4. The lowest BCUT2D eigenvalue weighted by molar-refractivity contribution is 0.142. The molecule has 18 heavy (non-hydrogen) atoms. The van der Waals surface area contributed by atoms with Gasteiger partial charge in [-0.15, -0.1) is 0 Å². The highest BCUT2D eigenvalue weighted by Crippen LogP contribution is 2.21. The number of hydrogen-bond donors (Lipinski definition) is 2. The molecule has 0 aliphatic heterocycles. The summed E-state index contributed by atoms with van der Waals surface area (Å²) in [4.78, 5) is 0. The summed E-state index contributed by atoms with van der Waals surface area (Å²) >= 11 is 6.01. The molecule has 0 aliphatic rings. The van der Waals surface area contributed by atoms with Gasteiger partial charge in [0.25, 0.3) is 0 Å². The smallest absolute Gasteiger partial charge is 0.0616 e. The van der Waals surface area contributed by atoms with Crippen molar-refractivity contribution in [2.75, 3.05) is 20.3 Å². The van der Waals surface area contributed by atoms with Gasteiger partial charge in [-0.25, -0.2) is 0 Å². The van der Waals surface area contributed by atoms with Crippen molar-refractivity contribution >= 4 is 11.6 Å². The predicted molar refractivity (Wildman–Crippen MR) is 75.0 cm³/mol. The molecule has 2 N–H and O–H groups in total. The summed E-state index contributed by atoms with van der Waals surface area (Å²) in [7, 11) is 1.67. The molecule has 0 heterocycles. The van der Waals surface area contributed by atoms with Crippen LogP contribution in [0.3, 0.4) is 0 Å². The number of rotatable bonds is 8. The predicted octanol–water partition coefficient (Wildman–Crippen LogP) is 2.78. The van der Waals surface area contributed by atoms with Gasteiger partial charge in [-0.3, -0.25) is 0 Å². The van der Waals surface area contributed by atoms with Crippen molar-refractivity contribution in [3.63, 3.8) is 0 Å². The van der Waals surface area contributed by atoms with Gasteiger partial charge >= 0.3 is 0 Å². The van der Waals surface area contributed by atoms with Crippen LogP contribution in [0.2, 0.25) is 5.02 Å². The van der Waals surface area contributed by atoms with Crippen molar-refractivity contribution in [2.24, 2.45) is 0 Å². The Kier molecular flexibility index (Phi) is 7.28. The summed E-state index contributed by atoms with van der Waals surface area (Å²) in [6, 6.07) is 8.26. The van der Waals surface area contributed by atoms with Gasteiger partial charge in [0, 0.05) is 30.8 Å². The van der Waals surface area contributed by atoms with Gasteiger partial charge in [0.2, 0.25) is 0 Å². The molecular weight excluding hydrogens is 250 g/mol. The van der Waals surface area contributed by atoms with Crippen LogP contribution in [0.25, 0.3) is 0 Å². The first-order valence-corrected chi connectivity index (χ1v) is 6.70. The van der Waals surface area contributed by atoms with Crippen LogP contribution in [-0.4, -0.2) is 31.5 Å². The second-order valence-corrected chi connectivity index (χ2v) is 4.78. The van der Waals surface area contributed by atoms with Gasteiger partial charge in [-0.1, -0.05) is 30.7 Å². The maximum absolute atomic E-state index is 9.05. The quantitative estimate of drug-likeness (QED) is 0.764. The van der Waals surface area contributed by atoms with Crippen LogP contribution in [0.15, 0.2) is 24.3 Å². The molecule has 0 bridgehead atoms. The van der Waals surface area contributed by atoms with Gasteiger partial charge in [-0.2, -0.15) is 0 Å². The molecule has 4 heteroatoms. The van der Waals surface area contributed by atoms with Crippen molar-refractivity contribution in [1.82, 2.24) is 5.32 Å². The summed E-state index contributed by atoms with van der Waals surface area (Å²) in [5, 5.41) is 13.3. The van der Waals surface area contributed by atoms with Gasteiger partial charge in [0.05, 0.1) is 6.61 Å². The Bertz CT molecular complexity index is 340. The zero-order valence-corrected chi connectivity index (χ0v) is 11.8. The normalized spacial score (nSPS) is 14.4. The number of ether oxygens (including phenoxy) is 1. The van der Waals surface area contributed by atoms with Crippen molar-refractivity contribution < 1.29 is 9.84 Å². The molecule has 3 nitrogen and oxygen atoms in total. The Labute approximate surface area is 114 Å². The molecule has 0 aliphatic carbocycles. The highest BCUT2D eigenvalue weighted by atomic mass is 35.5. The van der Waals surface area contributed by atoms with Crippen molar-refractivity contribution in [3.8, 4) is 0 Å². The second-order valence-electron chi connectivity index (χ2n) is 4.35. The van der Waals surface area contributed by atoms with Crippen LogP contribution >= 0.6 is 11.6 Å². The first-order chi connectivity index (χ1) is 8.71. The molecule has 0 fully saturated rings. The fraction of sp³-hybridized carbons (Fsp3) is 0.571. The van der Waals surface area contributed by atoms with Crippen LogP contribution in [-0.2, 0) is 4.74 Å². The van der Waals surface area contributed by atoms with Crippen molar-refractivity contribution in [1.29, 1.82) is 0 Å². The van der Waals surface area contributed by atoms with Crippen LogP contribution in [0.5, 0.6) is 0 Å². The lowest BCUT2D eigenvalue weighted by Gasteiger charge is -2.24. The summed E-state index contributed by atoms with van der Waals surface area (Å²) < 4.78 is 5.16. The first kappa shape index (κ1) is 15.4. The average molecular weight is 272 g/mol. The Hall–Kier alpha value is -0.610. The molecule has 1 aromatic rings. The first-order valence-electron chi connectivity index (χ1n) is 6.32. The lowest BCUT2D eigenvalue weighted by Crippen LogP contribution is -2.36. The molecule has 0 aromatic heterocycles. The zero-order valence-electron chi connectivity index (χ0n) is 11.0. The molecule has 0 amide bonds. The third-order valence-electron chi connectivity index (χ3n) is 2.94. The molecule has 1 aromatic carbocycles. The van der Waals surface area contributed by atoms with E-state index in [2.05, 4.69) is 18.3 Å². The number of benzene rings is 1. The maximum atomic E-state index is 9.05. The molecule has 0 saturated heterocycles. The monoisotopic (exact) mass is 271 g/mol. The largest absolute Gasteiger partial charge is 0.396 e.